The van der Waals surface area contributed by atoms with Gasteiger partial charge in [0.05, 0.1) is 5.69 Å². The molecule has 1 heterocycles. The van der Waals surface area contributed by atoms with Gasteiger partial charge in [0.25, 0.3) is 0 Å². The van der Waals surface area contributed by atoms with Crippen molar-refractivity contribution in [3.63, 3.8) is 0 Å². The molecule has 2 aromatic rings. The average molecular weight is 206 g/mol. The number of hydrogen-bond acceptors (Lipinski definition) is 1. The van der Waals surface area contributed by atoms with Crippen LogP contribution >= 0.6 is 11.6 Å². The smallest absolute Gasteiger partial charge is 0.154 e. The summed E-state index contributed by atoms with van der Waals surface area (Å²) in [6, 6.07) is 9.86. The molecule has 2 rings (SSSR count). The van der Waals surface area contributed by atoms with Crippen molar-refractivity contribution in [3.8, 4) is 5.69 Å². The number of rotatable bonds is 1. The van der Waals surface area contributed by atoms with Crippen LogP contribution in [0.25, 0.3) is 5.69 Å². The van der Waals surface area contributed by atoms with Gasteiger partial charge in [-0.05, 0) is 26.0 Å². The normalized spacial score (nSPS) is 10.5. The van der Waals surface area contributed by atoms with Gasteiger partial charge in [0, 0.05) is 11.3 Å². The number of aromatic nitrogens is 2. The first-order valence-corrected chi connectivity index (χ1v) is 4.70. The van der Waals surface area contributed by atoms with Gasteiger partial charge in [-0.3, -0.25) is 0 Å². The van der Waals surface area contributed by atoms with E-state index in [1.54, 1.807) is 4.68 Å². The quantitative estimate of drug-likeness (QED) is 0.700. The van der Waals surface area contributed by atoms with E-state index in [0.29, 0.717) is 5.15 Å². The molecule has 0 fully saturated rings. The second-order valence-electron chi connectivity index (χ2n) is 3.10. The first kappa shape index (κ1) is 9.28. The molecule has 1 aromatic heterocycles. The standard InChI is InChI=1S/C11H10ClN2/c1-8-9(2)14(13-11(8)12)10-6-4-3-5-7-10/h3-7H,1H2,2H3. The van der Waals surface area contributed by atoms with Crippen LogP contribution < -0.4 is 0 Å². The minimum atomic E-state index is 0.464. The molecule has 0 N–H and O–H groups in total. The molecule has 0 saturated heterocycles. The predicted octanol–water partition coefficient (Wildman–Crippen LogP) is 3.02. The number of benzene rings is 1. The van der Waals surface area contributed by atoms with Crippen LogP contribution in [0.1, 0.15) is 11.3 Å². The van der Waals surface area contributed by atoms with Crippen LogP contribution in [0.4, 0.5) is 0 Å². The predicted molar refractivity (Wildman–Crippen MR) is 57.8 cm³/mol. The van der Waals surface area contributed by atoms with Gasteiger partial charge in [-0.2, -0.15) is 5.10 Å². The first-order valence-electron chi connectivity index (χ1n) is 4.32. The molecule has 0 bridgehead atoms. The van der Waals surface area contributed by atoms with Crippen LogP contribution in [0.5, 0.6) is 0 Å². The summed E-state index contributed by atoms with van der Waals surface area (Å²) in [6.45, 7) is 5.80. The van der Waals surface area contributed by atoms with Gasteiger partial charge in [-0.1, -0.05) is 29.8 Å². The van der Waals surface area contributed by atoms with Crippen LogP contribution in [0.15, 0.2) is 30.3 Å². The van der Waals surface area contributed by atoms with Gasteiger partial charge in [0.1, 0.15) is 0 Å². The highest BCUT2D eigenvalue weighted by Crippen LogP contribution is 2.20. The zero-order valence-electron chi connectivity index (χ0n) is 7.87. The number of hydrogen-bond donors (Lipinski definition) is 0. The van der Waals surface area contributed by atoms with Crippen LogP contribution in [0, 0.1) is 13.8 Å². The summed E-state index contributed by atoms with van der Waals surface area (Å²) in [5.41, 5.74) is 2.76. The fourth-order valence-corrected chi connectivity index (χ4v) is 1.53. The van der Waals surface area contributed by atoms with E-state index in [-0.39, 0.29) is 0 Å². The Bertz CT molecular complexity index is 446. The summed E-state index contributed by atoms with van der Waals surface area (Å²) in [5, 5.41) is 4.66. The molecule has 2 nitrogen and oxygen atoms in total. The largest absolute Gasteiger partial charge is 0.236 e. The topological polar surface area (TPSA) is 17.8 Å². The van der Waals surface area contributed by atoms with Crippen molar-refractivity contribution < 1.29 is 0 Å². The molecule has 0 saturated carbocycles. The molecular formula is C11H10ClN2. The van der Waals surface area contributed by atoms with Crippen molar-refractivity contribution in [2.75, 3.05) is 0 Å². The molecular weight excluding hydrogens is 196 g/mol. The van der Waals surface area contributed by atoms with E-state index >= 15 is 0 Å². The maximum atomic E-state index is 5.89. The zero-order chi connectivity index (χ0) is 10.1. The monoisotopic (exact) mass is 205 g/mol. The molecule has 0 unspecified atom stereocenters. The van der Waals surface area contributed by atoms with E-state index in [4.69, 9.17) is 11.6 Å². The van der Waals surface area contributed by atoms with Crippen molar-refractivity contribution >= 4 is 11.6 Å². The molecule has 0 aliphatic heterocycles. The van der Waals surface area contributed by atoms with Gasteiger partial charge < -0.3 is 0 Å². The lowest BCUT2D eigenvalue weighted by molar-refractivity contribution is 0.847. The molecule has 1 radical (unpaired) electrons. The second-order valence-corrected chi connectivity index (χ2v) is 3.46. The fraction of sp³-hybridized carbons (Fsp3) is 0.0909. The summed E-state index contributed by atoms with van der Waals surface area (Å²) in [6.07, 6.45) is 0. The molecule has 1 aromatic carbocycles. The third-order valence-corrected chi connectivity index (χ3v) is 2.50. The van der Waals surface area contributed by atoms with Crippen LogP contribution in [-0.2, 0) is 0 Å². The highest BCUT2D eigenvalue weighted by molar-refractivity contribution is 6.30. The van der Waals surface area contributed by atoms with E-state index in [1.807, 2.05) is 37.3 Å². The molecule has 0 aliphatic rings. The van der Waals surface area contributed by atoms with Crippen molar-refractivity contribution in [1.82, 2.24) is 9.78 Å². The molecule has 14 heavy (non-hydrogen) atoms. The van der Waals surface area contributed by atoms with E-state index < -0.39 is 0 Å². The van der Waals surface area contributed by atoms with Crippen LogP contribution in [0.3, 0.4) is 0 Å². The molecule has 0 aliphatic carbocycles. The van der Waals surface area contributed by atoms with Gasteiger partial charge in [0.15, 0.2) is 5.15 Å². The average Bonchev–Trinajstić information content (AvgIpc) is 2.47. The Kier molecular flexibility index (Phi) is 2.30. The molecule has 0 atom stereocenters. The van der Waals surface area contributed by atoms with Gasteiger partial charge in [0.2, 0.25) is 0 Å². The number of halogens is 1. The lowest BCUT2D eigenvalue weighted by Crippen LogP contribution is -1.98. The molecule has 0 spiro atoms. The van der Waals surface area contributed by atoms with E-state index in [9.17, 15) is 0 Å². The lowest BCUT2D eigenvalue weighted by Gasteiger charge is -2.02. The summed E-state index contributed by atoms with van der Waals surface area (Å²) in [4.78, 5) is 0. The fourth-order valence-electron chi connectivity index (χ4n) is 1.32. The lowest BCUT2D eigenvalue weighted by atomic mass is 10.3. The Hall–Kier alpha value is -1.28. The van der Waals surface area contributed by atoms with Crippen molar-refractivity contribution in [2.45, 2.75) is 6.92 Å². The number of nitrogens with zero attached hydrogens (tertiary/aromatic N) is 2. The number of para-hydroxylation sites is 1. The van der Waals surface area contributed by atoms with Crippen molar-refractivity contribution in [3.05, 3.63) is 53.7 Å². The Morgan fingerprint density at radius 2 is 1.93 bits per heavy atom. The van der Waals surface area contributed by atoms with Gasteiger partial charge in [-0.25, -0.2) is 4.68 Å². The highest BCUT2D eigenvalue weighted by Gasteiger charge is 2.09. The molecule has 71 valence electrons. The third kappa shape index (κ3) is 1.42. The van der Waals surface area contributed by atoms with Crippen molar-refractivity contribution in [1.29, 1.82) is 0 Å². The summed E-state index contributed by atoms with van der Waals surface area (Å²) in [7, 11) is 0. The van der Waals surface area contributed by atoms with E-state index in [2.05, 4.69) is 12.0 Å². The third-order valence-electron chi connectivity index (χ3n) is 2.19. The first-order chi connectivity index (χ1) is 6.70. The highest BCUT2D eigenvalue weighted by atomic mass is 35.5. The Balaban J connectivity index is 2.58. The Labute approximate surface area is 88.1 Å². The van der Waals surface area contributed by atoms with E-state index in [1.165, 1.54) is 0 Å². The van der Waals surface area contributed by atoms with Crippen LogP contribution in [0.2, 0.25) is 5.15 Å². The zero-order valence-corrected chi connectivity index (χ0v) is 8.62. The summed E-state index contributed by atoms with van der Waals surface area (Å²) >= 11 is 5.89. The minimum Gasteiger partial charge on any atom is -0.236 e. The minimum absolute atomic E-state index is 0.464. The van der Waals surface area contributed by atoms with Crippen molar-refractivity contribution in [2.24, 2.45) is 0 Å². The summed E-state index contributed by atoms with van der Waals surface area (Å²) < 4.78 is 1.80. The van der Waals surface area contributed by atoms with Gasteiger partial charge >= 0.3 is 0 Å². The maximum Gasteiger partial charge on any atom is 0.154 e. The SMILES string of the molecule is [CH2]c1c(Cl)nn(-c2ccccc2)c1C. The Morgan fingerprint density at radius 1 is 1.29 bits per heavy atom. The Morgan fingerprint density at radius 3 is 2.43 bits per heavy atom. The molecule has 0 amide bonds. The maximum absolute atomic E-state index is 5.89. The van der Waals surface area contributed by atoms with Crippen LogP contribution in [-0.4, -0.2) is 9.78 Å². The second kappa shape index (κ2) is 3.46. The summed E-state index contributed by atoms with van der Waals surface area (Å²) in [5.74, 6) is 0. The van der Waals surface area contributed by atoms with Gasteiger partial charge in [-0.15, -0.1) is 0 Å². The molecule has 3 heteroatoms. The van der Waals surface area contributed by atoms with E-state index in [0.717, 1.165) is 16.9 Å².